The van der Waals surface area contributed by atoms with E-state index in [0.717, 1.165) is 25.9 Å². The van der Waals surface area contributed by atoms with E-state index in [0.29, 0.717) is 6.54 Å². The summed E-state index contributed by atoms with van der Waals surface area (Å²) in [6.45, 7) is 4.70. The number of aryl methyl sites for hydroxylation is 1. The van der Waals surface area contributed by atoms with Gasteiger partial charge in [0.1, 0.15) is 0 Å². The predicted molar refractivity (Wildman–Crippen MR) is 66.5 cm³/mol. The number of nitrogens with one attached hydrogen (secondary N) is 2. The Morgan fingerprint density at radius 1 is 1.50 bits per heavy atom. The van der Waals surface area contributed by atoms with Crippen LogP contribution >= 0.6 is 11.3 Å². The molecule has 0 atom stereocenters. The highest BCUT2D eigenvalue weighted by molar-refractivity contribution is 7.08. The van der Waals surface area contributed by atoms with Crippen molar-refractivity contribution in [1.29, 1.82) is 0 Å². The topological polar surface area (TPSA) is 41.1 Å². The van der Waals surface area contributed by atoms with Gasteiger partial charge in [-0.2, -0.15) is 11.3 Å². The Labute approximate surface area is 100 Å². The molecule has 2 heterocycles. The molecular weight excluding hydrogens is 220 g/mol. The molecule has 1 aromatic heterocycles. The van der Waals surface area contributed by atoms with E-state index in [4.69, 9.17) is 0 Å². The minimum atomic E-state index is 0.209. The Morgan fingerprint density at radius 2 is 2.25 bits per heavy atom. The van der Waals surface area contributed by atoms with E-state index in [1.54, 1.807) is 11.3 Å². The van der Waals surface area contributed by atoms with Crippen molar-refractivity contribution < 1.29 is 4.79 Å². The third-order valence-corrected chi connectivity index (χ3v) is 4.03. The molecule has 1 aliphatic rings. The van der Waals surface area contributed by atoms with Crippen molar-refractivity contribution in [2.75, 3.05) is 13.1 Å². The second-order valence-corrected chi connectivity index (χ2v) is 5.07. The molecule has 88 valence electrons. The Hall–Kier alpha value is -0.870. The summed E-state index contributed by atoms with van der Waals surface area (Å²) in [6.07, 6.45) is 1.93. The summed E-state index contributed by atoms with van der Waals surface area (Å²) in [7, 11) is 0. The lowest BCUT2D eigenvalue weighted by atomic mass is 9.97. The molecule has 16 heavy (non-hydrogen) atoms. The van der Waals surface area contributed by atoms with Crippen LogP contribution in [0.5, 0.6) is 0 Å². The third kappa shape index (κ3) is 2.83. The van der Waals surface area contributed by atoms with Crippen molar-refractivity contribution >= 4 is 17.2 Å². The second-order valence-electron chi connectivity index (χ2n) is 4.32. The van der Waals surface area contributed by atoms with Crippen LogP contribution in [0.25, 0.3) is 0 Å². The number of rotatable bonds is 3. The van der Waals surface area contributed by atoms with Crippen molar-refractivity contribution in [2.45, 2.75) is 26.3 Å². The monoisotopic (exact) mass is 238 g/mol. The van der Waals surface area contributed by atoms with E-state index < -0.39 is 0 Å². The number of hydrogen-bond acceptors (Lipinski definition) is 3. The van der Waals surface area contributed by atoms with Crippen molar-refractivity contribution in [1.82, 2.24) is 10.6 Å². The van der Waals surface area contributed by atoms with E-state index >= 15 is 0 Å². The lowest BCUT2D eigenvalue weighted by Crippen LogP contribution is -2.37. The zero-order valence-electron chi connectivity index (χ0n) is 9.58. The zero-order valence-corrected chi connectivity index (χ0v) is 10.4. The lowest BCUT2D eigenvalue weighted by molar-refractivity contribution is -0.125. The average Bonchev–Trinajstić information content (AvgIpc) is 2.73. The SMILES string of the molecule is Cc1cscc1CNC(=O)C1CCNCC1. The van der Waals surface area contributed by atoms with Gasteiger partial charge in [0.15, 0.2) is 0 Å². The first kappa shape index (κ1) is 11.6. The molecule has 1 amide bonds. The molecule has 3 nitrogen and oxygen atoms in total. The molecule has 0 unspecified atom stereocenters. The van der Waals surface area contributed by atoms with Gasteiger partial charge < -0.3 is 10.6 Å². The highest BCUT2D eigenvalue weighted by Gasteiger charge is 2.20. The van der Waals surface area contributed by atoms with Crippen molar-refractivity contribution in [3.63, 3.8) is 0 Å². The number of thiophene rings is 1. The van der Waals surface area contributed by atoms with Crippen LogP contribution in [-0.2, 0) is 11.3 Å². The molecule has 1 saturated heterocycles. The van der Waals surface area contributed by atoms with E-state index in [2.05, 4.69) is 28.3 Å². The molecule has 0 spiro atoms. The Bertz CT molecular complexity index is 356. The van der Waals surface area contributed by atoms with Crippen LogP contribution in [0.2, 0.25) is 0 Å². The molecule has 4 heteroatoms. The Balaban J connectivity index is 1.81. The Kier molecular flexibility index (Phi) is 3.96. The van der Waals surface area contributed by atoms with Crippen molar-refractivity contribution in [3.8, 4) is 0 Å². The highest BCUT2D eigenvalue weighted by Crippen LogP contribution is 2.15. The van der Waals surface area contributed by atoms with E-state index in [1.807, 2.05) is 0 Å². The minimum absolute atomic E-state index is 0.209. The van der Waals surface area contributed by atoms with Crippen molar-refractivity contribution in [3.05, 3.63) is 21.9 Å². The molecule has 1 aromatic rings. The molecule has 0 aromatic carbocycles. The first-order valence-corrected chi connectivity index (χ1v) is 6.72. The highest BCUT2D eigenvalue weighted by atomic mass is 32.1. The molecule has 0 saturated carbocycles. The van der Waals surface area contributed by atoms with E-state index in [1.165, 1.54) is 11.1 Å². The maximum Gasteiger partial charge on any atom is 0.223 e. The molecule has 1 aliphatic heterocycles. The fraction of sp³-hybridized carbons (Fsp3) is 0.583. The van der Waals surface area contributed by atoms with Crippen LogP contribution in [0.1, 0.15) is 24.0 Å². The number of hydrogen-bond donors (Lipinski definition) is 2. The number of carbonyl (C=O) groups is 1. The van der Waals surface area contributed by atoms with Gasteiger partial charge in [0.2, 0.25) is 5.91 Å². The van der Waals surface area contributed by atoms with Gasteiger partial charge in [-0.25, -0.2) is 0 Å². The fourth-order valence-corrected chi connectivity index (χ4v) is 2.84. The summed E-state index contributed by atoms with van der Waals surface area (Å²) in [5.41, 5.74) is 2.52. The third-order valence-electron chi connectivity index (χ3n) is 3.12. The van der Waals surface area contributed by atoms with Crippen LogP contribution in [0.4, 0.5) is 0 Å². The Morgan fingerprint density at radius 3 is 2.88 bits per heavy atom. The largest absolute Gasteiger partial charge is 0.352 e. The molecule has 0 bridgehead atoms. The van der Waals surface area contributed by atoms with Crippen molar-refractivity contribution in [2.24, 2.45) is 5.92 Å². The van der Waals surface area contributed by atoms with Crippen LogP contribution in [0.15, 0.2) is 10.8 Å². The first-order valence-electron chi connectivity index (χ1n) is 5.77. The smallest absolute Gasteiger partial charge is 0.223 e. The van der Waals surface area contributed by atoms with Crippen LogP contribution in [0, 0.1) is 12.8 Å². The first-order chi connectivity index (χ1) is 7.77. The summed E-state index contributed by atoms with van der Waals surface area (Å²) in [6, 6.07) is 0. The van der Waals surface area contributed by atoms with Gasteiger partial charge in [-0.3, -0.25) is 4.79 Å². The lowest BCUT2D eigenvalue weighted by Gasteiger charge is -2.21. The molecule has 2 rings (SSSR count). The van der Waals surface area contributed by atoms with Crippen LogP contribution < -0.4 is 10.6 Å². The van der Waals surface area contributed by atoms with Gasteiger partial charge in [-0.15, -0.1) is 0 Å². The summed E-state index contributed by atoms with van der Waals surface area (Å²) in [5, 5.41) is 10.5. The summed E-state index contributed by atoms with van der Waals surface area (Å²) in [5.74, 6) is 0.423. The summed E-state index contributed by atoms with van der Waals surface area (Å²) in [4.78, 5) is 11.9. The number of carbonyl (C=O) groups excluding carboxylic acids is 1. The molecule has 0 aliphatic carbocycles. The molecule has 2 N–H and O–H groups in total. The maximum absolute atomic E-state index is 11.9. The fourth-order valence-electron chi connectivity index (χ4n) is 1.98. The van der Waals surface area contributed by atoms with E-state index in [9.17, 15) is 4.79 Å². The van der Waals surface area contributed by atoms with Gasteiger partial charge in [0.05, 0.1) is 0 Å². The number of amides is 1. The molecule has 0 radical (unpaired) electrons. The summed E-state index contributed by atoms with van der Waals surface area (Å²) >= 11 is 1.69. The average molecular weight is 238 g/mol. The van der Waals surface area contributed by atoms with Crippen LogP contribution in [0.3, 0.4) is 0 Å². The van der Waals surface area contributed by atoms with Gasteiger partial charge in [0, 0.05) is 12.5 Å². The molecular formula is C12H18N2OS. The second kappa shape index (κ2) is 5.46. The van der Waals surface area contributed by atoms with E-state index in [-0.39, 0.29) is 11.8 Å². The van der Waals surface area contributed by atoms with Crippen LogP contribution in [-0.4, -0.2) is 19.0 Å². The quantitative estimate of drug-likeness (QED) is 0.841. The number of piperidine rings is 1. The van der Waals surface area contributed by atoms with Gasteiger partial charge in [-0.1, -0.05) is 0 Å². The maximum atomic E-state index is 11.9. The normalized spacial score (nSPS) is 17.3. The van der Waals surface area contributed by atoms with Gasteiger partial charge >= 0.3 is 0 Å². The minimum Gasteiger partial charge on any atom is -0.352 e. The zero-order chi connectivity index (χ0) is 11.4. The predicted octanol–water partition coefficient (Wildman–Crippen LogP) is 1.67. The molecule has 1 fully saturated rings. The standard InChI is InChI=1S/C12H18N2OS/c1-9-7-16-8-11(9)6-14-12(15)10-2-4-13-5-3-10/h7-8,10,13H,2-6H2,1H3,(H,14,15). The summed E-state index contributed by atoms with van der Waals surface area (Å²) < 4.78 is 0. The van der Waals surface area contributed by atoms with Gasteiger partial charge in [-0.05, 0) is 54.7 Å². The van der Waals surface area contributed by atoms with Gasteiger partial charge in [0.25, 0.3) is 0 Å².